The number of aryl methyl sites for hydroxylation is 1. The van der Waals surface area contributed by atoms with Crippen LogP contribution in [0.2, 0.25) is 0 Å². The molecule has 0 aliphatic heterocycles. The van der Waals surface area contributed by atoms with E-state index in [2.05, 4.69) is 39.0 Å². The van der Waals surface area contributed by atoms with E-state index in [4.69, 9.17) is 5.73 Å². The molecule has 1 rings (SSSR count). The summed E-state index contributed by atoms with van der Waals surface area (Å²) in [6.45, 7) is 9.13. The number of carbonyl (C=O) groups is 1. The SMILES string of the molecule is Cc1ccc(C(C)(C)C)cc1N(C)C(=O)CCCN. The highest BCUT2D eigenvalue weighted by molar-refractivity contribution is 5.93. The van der Waals surface area contributed by atoms with E-state index in [-0.39, 0.29) is 11.3 Å². The van der Waals surface area contributed by atoms with Crippen molar-refractivity contribution in [1.82, 2.24) is 0 Å². The summed E-state index contributed by atoms with van der Waals surface area (Å²) in [6.07, 6.45) is 1.24. The lowest BCUT2D eigenvalue weighted by atomic mass is 9.86. The number of hydrogen-bond acceptors (Lipinski definition) is 2. The zero-order valence-corrected chi connectivity index (χ0v) is 12.8. The Morgan fingerprint density at radius 1 is 1.32 bits per heavy atom. The van der Waals surface area contributed by atoms with Crippen molar-refractivity contribution >= 4 is 11.6 Å². The fraction of sp³-hybridized carbons (Fsp3) is 0.562. The Bertz CT molecular complexity index is 447. The predicted octanol–water partition coefficient (Wildman–Crippen LogP) is 2.99. The molecule has 106 valence electrons. The van der Waals surface area contributed by atoms with E-state index < -0.39 is 0 Å². The molecular weight excluding hydrogens is 236 g/mol. The molecule has 1 aromatic carbocycles. The summed E-state index contributed by atoms with van der Waals surface area (Å²) in [5.74, 6) is 0.125. The summed E-state index contributed by atoms with van der Waals surface area (Å²) in [4.78, 5) is 13.8. The molecule has 3 nitrogen and oxygen atoms in total. The predicted molar refractivity (Wildman–Crippen MR) is 81.6 cm³/mol. The number of nitrogens with two attached hydrogens (primary N) is 1. The zero-order chi connectivity index (χ0) is 14.6. The van der Waals surface area contributed by atoms with Gasteiger partial charge in [-0.3, -0.25) is 4.79 Å². The maximum Gasteiger partial charge on any atom is 0.226 e. The van der Waals surface area contributed by atoms with Gasteiger partial charge >= 0.3 is 0 Å². The standard InChI is InChI=1S/C16H26N2O/c1-12-8-9-13(16(2,3)4)11-14(12)18(5)15(19)7-6-10-17/h8-9,11H,6-7,10,17H2,1-5H3. The molecule has 0 fully saturated rings. The van der Waals surface area contributed by atoms with E-state index in [1.807, 2.05) is 14.0 Å². The number of nitrogens with zero attached hydrogens (tertiary/aromatic N) is 1. The van der Waals surface area contributed by atoms with Crippen molar-refractivity contribution in [2.75, 3.05) is 18.5 Å². The molecule has 0 heterocycles. The normalized spacial score (nSPS) is 11.5. The molecule has 0 unspecified atom stereocenters. The van der Waals surface area contributed by atoms with E-state index in [0.29, 0.717) is 13.0 Å². The quantitative estimate of drug-likeness (QED) is 0.906. The van der Waals surface area contributed by atoms with E-state index in [1.54, 1.807) is 4.90 Å². The van der Waals surface area contributed by atoms with Crippen LogP contribution in [0.25, 0.3) is 0 Å². The second-order valence-electron chi connectivity index (χ2n) is 6.10. The van der Waals surface area contributed by atoms with Crippen molar-refractivity contribution in [1.29, 1.82) is 0 Å². The molecule has 0 bridgehead atoms. The maximum atomic E-state index is 12.1. The Hall–Kier alpha value is -1.35. The van der Waals surface area contributed by atoms with Gasteiger partial charge in [-0.05, 0) is 42.5 Å². The van der Waals surface area contributed by atoms with Crippen LogP contribution in [0.3, 0.4) is 0 Å². The topological polar surface area (TPSA) is 46.3 Å². The molecule has 3 heteroatoms. The fourth-order valence-corrected chi connectivity index (χ4v) is 1.99. The highest BCUT2D eigenvalue weighted by atomic mass is 16.2. The summed E-state index contributed by atoms with van der Waals surface area (Å²) in [7, 11) is 1.84. The van der Waals surface area contributed by atoms with Crippen molar-refractivity contribution in [3.05, 3.63) is 29.3 Å². The van der Waals surface area contributed by atoms with Gasteiger partial charge in [-0.2, -0.15) is 0 Å². The average Bonchev–Trinajstić information content (AvgIpc) is 2.34. The minimum absolute atomic E-state index is 0.0869. The molecule has 2 N–H and O–H groups in total. The number of hydrogen-bond donors (Lipinski definition) is 1. The van der Waals surface area contributed by atoms with E-state index in [1.165, 1.54) is 5.56 Å². The Morgan fingerprint density at radius 3 is 2.47 bits per heavy atom. The second-order valence-corrected chi connectivity index (χ2v) is 6.10. The smallest absolute Gasteiger partial charge is 0.226 e. The third-order valence-corrected chi connectivity index (χ3v) is 3.41. The number of benzene rings is 1. The van der Waals surface area contributed by atoms with E-state index >= 15 is 0 Å². The first-order valence-corrected chi connectivity index (χ1v) is 6.85. The number of carbonyl (C=O) groups excluding carboxylic acids is 1. The van der Waals surface area contributed by atoms with Gasteiger partial charge in [0.2, 0.25) is 5.91 Å². The van der Waals surface area contributed by atoms with Gasteiger partial charge in [0.15, 0.2) is 0 Å². The van der Waals surface area contributed by atoms with Crippen LogP contribution in [0.15, 0.2) is 18.2 Å². The molecule has 0 radical (unpaired) electrons. The minimum atomic E-state index is 0.0869. The average molecular weight is 262 g/mol. The van der Waals surface area contributed by atoms with Crippen molar-refractivity contribution in [3.8, 4) is 0 Å². The number of rotatable bonds is 4. The van der Waals surface area contributed by atoms with Crippen LogP contribution in [0.4, 0.5) is 5.69 Å². The van der Waals surface area contributed by atoms with Crippen LogP contribution < -0.4 is 10.6 Å². The summed E-state index contributed by atoms with van der Waals surface area (Å²) < 4.78 is 0. The molecular formula is C16H26N2O. The van der Waals surface area contributed by atoms with Gasteiger partial charge in [0, 0.05) is 19.2 Å². The Labute approximate surface area is 116 Å². The van der Waals surface area contributed by atoms with Gasteiger partial charge in [0.1, 0.15) is 0 Å². The van der Waals surface area contributed by atoms with Gasteiger partial charge < -0.3 is 10.6 Å². The molecule has 0 atom stereocenters. The highest BCUT2D eigenvalue weighted by Crippen LogP contribution is 2.28. The second kappa shape index (κ2) is 6.20. The maximum absolute atomic E-state index is 12.1. The van der Waals surface area contributed by atoms with E-state index in [0.717, 1.165) is 17.7 Å². The molecule has 0 saturated carbocycles. The lowest BCUT2D eigenvalue weighted by molar-refractivity contribution is -0.118. The molecule has 0 spiro atoms. The van der Waals surface area contributed by atoms with Gasteiger partial charge in [0.05, 0.1) is 0 Å². The summed E-state index contributed by atoms with van der Waals surface area (Å²) >= 11 is 0. The largest absolute Gasteiger partial charge is 0.330 e. The van der Waals surface area contributed by atoms with Crippen LogP contribution in [0.1, 0.15) is 44.7 Å². The third-order valence-electron chi connectivity index (χ3n) is 3.41. The minimum Gasteiger partial charge on any atom is -0.330 e. The molecule has 0 aliphatic rings. The van der Waals surface area contributed by atoms with Crippen LogP contribution >= 0.6 is 0 Å². The lowest BCUT2D eigenvalue weighted by Crippen LogP contribution is -2.27. The van der Waals surface area contributed by atoms with Gasteiger partial charge in [0.25, 0.3) is 0 Å². The number of amides is 1. The first kappa shape index (κ1) is 15.7. The summed E-state index contributed by atoms with van der Waals surface area (Å²) in [5, 5.41) is 0. The monoisotopic (exact) mass is 262 g/mol. The Morgan fingerprint density at radius 2 is 1.95 bits per heavy atom. The van der Waals surface area contributed by atoms with E-state index in [9.17, 15) is 4.79 Å². The Kier molecular flexibility index (Phi) is 5.12. The van der Waals surface area contributed by atoms with Crippen molar-refractivity contribution < 1.29 is 4.79 Å². The number of anilines is 1. The molecule has 19 heavy (non-hydrogen) atoms. The molecule has 1 amide bonds. The summed E-state index contributed by atoms with van der Waals surface area (Å²) in [5.41, 5.74) is 8.90. The molecule has 0 aromatic heterocycles. The lowest BCUT2D eigenvalue weighted by Gasteiger charge is -2.25. The van der Waals surface area contributed by atoms with Crippen LogP contribution in [-0.2, 0) is 10.2 Å². The third kappa shape index (κ3) is 4.06. The highest BCUT2D eigenvalue weighted by Gasteiger charge is 2.18. The van der Waals surface area contributed by atoms with Gasteiger partial charge in [-0.25, -0.2) is 0 Å². The van der Waals surface area contributed by atoms with Gasteiger partial charge in [-0.1, -0.05) is 32.9 Å². The first-order valence-electron chi connectivity index (χ1n) is 6.85. The fourth-order valence-electron chi connectivity index (χ4n) is 1.99. The summed E-state index contributed by atoms with van der Waals surface area (Å²) in [6, 6.07) is 6.34. The van der Waals surface area contributed by atoms with Crippen molar-refractivity contribution in [2.45, 2.75) is 46.0 Å². The van der Waals surface area contributed by atoms with Crippen molar-refractivity contribution in [2.24, 2.45) is 5.73 Å². The zero-order valence-electron chi connectivity index (χ0n) is 12.8. The van der Waals surface area contributed by atoms with Crippen LogP contribution in [0.5, 0.6) is 0 Å². The van der Waals surface area contributed by atoms with Crippen LogP contribution in [-0.4, -0.2) is 19.5 Å². The molecule has 1 aromatic rings. The first-order chi connectivity index (χ1) is 8.77. The van der Waals surface area contributed by atoms with Crippen LogP contribution in [0, 0.1) is 6.92 Å². The molecule has 0 aliphatic carbocycles. The Balaban J connectivity index is 3.02. The molecule has 0 saturated heterocycles. The van der Waals surface area contributed by atoms with Gasteiger partial charge in [-0.15, -0.1) is 0 Å². The van der Waals surface area contributed by atoms with Crippen molar-refractivity contribution in [3.63, 3.8) is 0 Å².